The minimum Gasteiger partial charge on any atom is -0.393 e. The van der Waals surface area contributed by atoms with Crippen LogP contribution in [0.4, 0.5) is 23.0 Å². The molecule has 0 amide bonds. The number of nitrogens with one attached hydrogen (secondary N) is 1. The van der Waals surface area contributed by atoms with Crippen LogP contribution in [0, 0.1) is 13.8 Å². The fourth-order valence-electron chi connectivity index (χ4n) is 1.69. The first-order valence-corrected chi connectivity index (χ1v) is 5.27. The number of nitrogen functional groups attached to an aromatic ring is 2. The van der Waals surface area contributed by atoms with Gasteiger partial charge in [0.25, 0.3) is 0 Å². The van der Waals surface area contributed by atoms with Crippen molar-refractivity contribution in [1.82, 2.24) is 9.97 Å². The van der Waals surface area contributed by atoms with Crippen LogP contribution < -0.4 is 16.8 Å². The molecule has 0 bridgehead atoms. The molecule has 0 radical (unpaired) electrons. The lowest BCUT2D eigenvalue weighted by Crippen LogP contribution is -2.04. The van der Waals surface area contributed by atoms with Crippen molar-refractivity contribution in [1.29, 1.82) is 0 Å². The van der Waals surface area contributed by atoms with E-state index in [2.05, 4.69) is 21.4 Å². The van der Waals surface area contributed by atoms with Crippen molar-refractivity contribution in [3.05, 3.63) is 35.7 Å². The highest BCUT2D eigenvalue weighted by Gasteiger charge is 2.05. The van der Waals surface area contributed by atoms with Crippen molar-refractivity contribution in [2.75, 3.05) is 16.8 Å². The van der Waals surface area contributed by atoms with Gasteiger partial charge < -0.3 is 16.8 Å². The van der Waals surface area contributed by atoms with E-state index in [1.807, 2.05) is 26.0 Å². The maximum absolute atomic E-state index is 5.79. The molecular weight excluding hydrogens is 214 g/mol. The number of rotatable bonds is 2. The van der Waals surface area contributed by atoms with Crippen LogP contribution in [0.3, 0.4) is 0 Å². The Bertz CT molecular complexity index is 530. The zero-order chi connectivity index (χ0) is 12.4. The molecule has 5 N–H and O–H groups in total. The maximum Gasteiger partial charge on any atom is 0.159 e. The van der Waals surface area contributed by atoms with Gasteiger partial charge in [0.2, 0.25) is 0 Å². The molecule has 0 aliphatic rings. The largest absolute Gasteiger partial charge is 0.393 e. The average Bonchev–Trinajstić information content (AvgIpc) is 2.23. The topological polar surface area (TPSA) is 89.8 Å². The van der Waals surface area contributed by atoms with Gasteiger partial charge in [-0.2, -0.15) is 0 Å². The number of aromatic nitrogens is 2. The summed E-state index contributed by atoms with van der Waals surface area (Å²) >= 11 is 0. The van der Waals surface area contributed by atoms with E-state index in [0.29, 0.717) is 11.5 Å². The number of hydrogen-bond acceptors (Lipinski definition) is 5. The molecule has 0 aliphatic carbocycles. The van der Waals surface area contributed by atoms with Gasteiger partial charge in [0.1, 0.15) is 12.0 Å². The first-order valence-electron chi connectivity index (χ1n) is 5.27. The maximum atomic E-state index is 5.79. The Kier molecular flexibility index (Phi) is 2.82. The minimum atomic E-state index is 0.284. The molecule has 0 saturated carbocycles. The molecule has 2 aromatic rings. The van der Waals surface area contributed by atoms with Crippen LogP contribution in [0.15, 0.2) is 24.5 Å². The predicted molar refractivity (Wildman–Crippen MR) is 70.1 cm³/mol. The first kappa shape index (κ1) is 11.2. The zero-order valence-corrected chi connectivity index (χ0v) is 9.86. The Hall–Kier alpha value is -2.30. The molecule has 5 nitrogen and oxygen atoms in total. The first-order chi connectivity index (χ1) is 8.06. The third-order valence-corrected chi connectivity index (χ3v) is 2.40. The molecule has 0 spiro atoms. The number of anilines is 4. The van der Waals surface area contributed by atoms with Gasteiger partial charge >= 0.3 is 0 Å². The molecule has 0 aliphatic heterocycles. The van der Waals surface area contributed by atoms with Gasteiger partial charge in [0, 0.05) is 5.69 Å². The summed E-state index contributed by atoms with van der Waals surface area (Å²) < 4.78 is 0. The highest BCUT2D eigenvalue weighted by Crippen LogP contribution is 2.24. The Morgan fingerprint density at radius 1 is 1.00 bits per heavy atom. The standard InChI is InChI=1S/C12H15N5/c1-7-3-8(2)5-9(4-7)17-12-10(13)11(14)15-6-16-12/h3-6H,13H2,1-2H3,(H3,14,15,16,17). The van der Waals surface area contributed by atoms with Gasteiger partial charge in [-0.25, -0.2) is 9.97 Å². The Morgan fingerprint density at radius 2 is 1.65 bits per heavy atom. The number of nitrogens with zero attached hydrogens (tertiary/aromatic N) is 2. The zero-order valence-electron chi connectivity index (χ0n) is 9.86. The lowest BCUT2D eigenvalue weighted by Gasteiger charge is -2.10. The van der Waals surface area contributed by atoms with E-state index in [9.17, 15) is 0 Å². The normalized spacial score (nSPS) is 10.2. The molecule has 0 atom stereocenters. The van der Waals surface area contributed by atoms with Gasteiger partial charge in [0.15, 0.2) is 11.6 Å². The highest BCUT2D eigenvalue weighted by molar-refractivity contribution is 5.76. The van der Waals surface area contributed by atoms with Gasteiger partial charge in [-0.1, -0.05) is 6.07 Å². The van der Waals surface area contributed by atoms with Gasteiger partial charge in [-0.05, 0) is 37.1 Å². The van der Waals surface area contributed by atoms with Crippen LogP contribution >= 0.6 is 0 Å². The van der Waals surface area contributed by atoms with Gasteiger partial charge in [0.05, 0.1) is 0 Å². The Labute approximate surface area is 99.9 Å². The molecule has 1 heterocycles. The fraction of sp³-hybridized carbons (Fsp3) is 0.167. The van der Waals surface area contributed by atoms with Crippen LogP contribution in [0.25, 0.3) is 0 Å². The van der Waals surface area contributed by atoms with E-state index in [-0.39, 0.29) is 5.82 Å². The second kappa shape index (κ2) is 4.29. The third kappa shape index (κ3) is 2.44. The molecule has 1 aromatic heterocycles. The van der Waals surface area contributed by atoms with Crippen LogP contribution in [-0.2, 0) is 0 Å². The van der Waals surface area contributed by atoms with Crippen LogP contribution in [0.2, 0.25) is 0 Å². The van der Waals surface area contributed by atoms with E-state index in [0.717, 1.165) is 5.69 Å². The summed E-state index contributed by atoms with van der Waals surface area (Å²) in [5, 5.41) is 3.14. The quantitative estimate of drug-likeness (QED) is 0.732. The molecule has 0 unspecified atom stereocenters. The van der Waals surface area contributed by atoms with Crippen molar-refractivity contribution in [3.8, 4) is 0 Å². The highest BCUT2D eigenvalue weighted by atomic mass is 15.1. The summed E-state index contributed by atoms with van der Waals surface area (Å²) in [7, 11) is 0. The lowest BCUT2D eigenvalue weighted by atomic mass is 10.1. The van der Waals surface area contributed by atoms with Crippen molar-refractivity contribution < 1.29 is 0 Å². The molecule has 2 rings (SSSR count). The third-order valence-electron chi connectivity index (χ3n) is 2.40. The number of aryl methyl sites for hydroxylation is 2. The molecule has 0 fully saturated rings. The Balaban J connectivity index is 2.34. The number of hydrogen-bond donors (Lipinski definition) is 3. The fourth-order valence-corrected chi connectivity index (χ4v) is 1.69. The van der Waals surface area contributed by atoms with Crippen molar-refractivity contribution in [2.45, 2.75) is 13.8 Å². The second-order valence-electron chi connectivity index (χ2n) is 4.02. The van der Waals surface area contributed by atoms with Gasteiger partial charge in [-0.15, -0.1) is 0 Å². The number of nitrogens with two attached hydrogens (primary N) is 2. The van der Waals surface area contributed by atoms with E-state index in [1.54, 1.807) is 0 Å². The van der Waals surface area contributed by atoms with E-state index < -0.39 is 0 Å². The summed E-state index contributed by atoms with van der Waals surface area (Å²) in [4.78, 5) is 7.88. The summed E-state index contributed by atoms with van der Waals surface area (Å²) in [6, 6.07) is 6.14. The van der Waals surface area contributed by atoms with E-state index in [4.69, 9.17) is 11.5 Å². The van der Waals surface area contributed by atoms with E-state index in [1.165, 1.54) is 17.5 Å². The summed E-state index contributed by atoms with van der Waals surface area (Å²) in [5.74, 6) is 0.814. The monoisotopic (exact) mass is 229 g/mol. The summed E-state index contributed by atoms with van der Waals surface area (Å²) in [6.45, 7) is 4.08. The predicted octanol–water partition coefficient (Wildman–Crippen LogP) is 2.00. The van der Waals surface area contributed by atoms with Crippen molar-refractivity contribution in [3.63, 3.8) is 0 Å². The lowest BCUT2D eigenvalue weighted by molar-refractivity contribution is 1.18. The molecule has 0 saturated heterocycles. The smallest absolute Gasteiger partial charge is 0.159 e. The molecule has 5 heteroatoms. The van der Waals surface area contributed by atoms with Crippen LogP contribution in [0.5, 0.6) is 0 Å². The molecular formula is C12H15N5. The van der Waals surface area contributed by atoms with E-state index >= 15 is 0 Å². The molecule has 17 heavy (non-hydrogen) atoms. The van der Waals surface area contributed by atoms with Crippen molar-refractivity contribution >= 4 is 23.0 Å². The minimum absolute atomic E-state index is 0.284. The second-order valence-corrected chi connectivity index (χ2v) is 4.02. The van der Waals surface area contributed by atoms with Crippen LogP contribution in [-0.4, -0.2) is 9.97 Å². The average molecular weight is 229 g/mol. The summed E-state index contributed by atoms with van der Waals surface area (Å²) in [5.41, 5.74) is 15.1. The van der Waals surface area contributed by atoms with Gasteiger partial charge in [-0.3, -0.25) is 0 Å². The van der Waals surface area contributed by atoms with Crippen molar-refractivity contribution in [2.24, 2.45) is 0 Å². The van der Waals surface area contributed by atoms with Crippen LogP contribution in [0.1, 0.15) is 11.1 Å². The summed E-state index contributed by atoms with van der Waals surface area (Å²) in [6.07, 6.45) is 1.39. The SMILES string of the molecule is Cc1cc(C)cc(Nc2ncnc(N)c2N)c1. The molecule has 1 aromatic carbocycles. The Morgan fingerprint density at radius 3 is 2.29 bits per heavy atom. The number of benzene rings is 1. The molecule has 88 valence electrons.